The minimum atomic E-state index is -3.84. The van der Waals surface area contributed by atoms with Gasteiger partial charge in [-0.2, -0.15) is 0 Å². The Hall–Kier alpha value is -2.87. The number of carbonyl (C=O) groups is 2. The van der Waals surface area contributed by atoms with Crippen LogP contribution in [0, 0.1) is 6.92 Å². The number of likely N-dealkylation sites (tertiary alicyclic amines) is 1. The molecule has 0 saturated carbocycles. The van der Waals surface area contributed by atoms with E-state index in [-0.39, 0.29) is 22.9 Å². The molecule has 148 valence electrons. The van der Waals surface area contributed by atoms with Crippen molar-refractivity contribution in [2.45, 2.75) is 24.7 Å². The van der Waals surface area contributed by atoms with E-state index in [2.05, 4.69) is 10.0 Å². The Kier molecular flexibility index (Phi) is 5.99. The van der Waals surface area contributed by atoms with Gasteiger partial charge in [0.25, 0.3) is 15.9 Å². The second kappa shape index (κ2) is 8.43. The number of sulfonamides is 1. The Labute approximate surface area is 164 Å². The summed E-state index contributed by atoms with van der Waals surface area (Å²) in [5.74, 6) is -0.615. The number of benzene rings is 2. The van der Waals surface area contributed by atoms with E-state index in [1.807, 2.05) is 13.0 Å². The highest BCUT2D eigenvalue weighted by molar-refractivity contribution is 7.92. The summed E-state index contributed by atoms with van der Waals surface area (Å²) in [6.07, 6.45) is 1.96. The molecule has 0 unspecified atom stereocenters. The molecule has 0 spiro atoms. The molecule has 0 aromatic heterocycles. The first kappa shape index (κ1) is 19.9. The average Bonchev–Trinajstić information content (AvgIpc) is 3.20. The van der Waals surface area contributed by atoms with Gasteiger partial charge in [0, 0.05) is 24.3 Å². The number of hydrogen-bond donors (Lipinski definition) is 2. The summed E-state index contributed by atoms with van der Waals surface area (Å²) in [4.78, 5) is 26.1. The van der Waals surface area contributed by atoms with Crippen molar-refractivity contribution < 1.29 is 18.0 Å². The van der Waals surface area contributed by atoms with Crippen LogP contribution in [-0.4, -0.2) is 44.8 Å². The average molecular weight is 401 g/mol. The van der Waals surface area contributed by atoms with E-state index in [0.717, 1.165) is 18.4 Å². The molecule has 0 bridgehead atoms. The maximum Gasteiger partial charge on any atom is 0.261 e. The molecule has 2 aromatic carbocycles. The number of anilines is 1. The minimum absolute atomic E-state index is 0.0208. The zero-order valence-corrected chi connectivity index (χ0v) is 16.5. The quantitative estimate of drug-likeness (QED) is 0.775. The molecule has 2 aromatic rings. The lowest BCUT2D eigenvalue weighted by Gasteiger charge is -2.15. The van der Waals surface area contributed by atoms with Crippen molar-refractivity contribution in [1.82, 2.24) is 10.2 Å². The first-order valence-corrected chi connectivity index (χ1v) is 10.6. The van der Waals surface area contributed by atoms with Gasteiger partial charge in [0.1, 0.15) is 0 Å². The third-order valence-electron chi connectivity index (χ3n) is 4.54. The van der Waals surface area contributed by atoms with Gasteiger partial charge in [-0.05, 0) is 55.7 Å². The molecule has 0 aliphatic carbocycles. The highest BCUT2D eigenvalue weighted by Gasteiger charge is 2.20. The van der Waals surface area contributed by atoms with E-state index >= 15 is 0 Å². The predicted molar refractivity (Wildman–Crippen MR) is 107 cm³/mol. The highest BCUT2D eigenvalue weighted by atomic mass is 32.2. The van der Waals surface area contributed by atoms with Gasteiger partial charge in [0.15, 0.2) is 0 Å². The number of nitrogens with one attached hydrogen (secondary N) is 2. The Balaban J connectivity index is 1.68. The van der Waals surface area contributed by atoms with Gasteiger partial charge < -0.3 is 10.2 Å². The van der Waals surface area contributed by atoms with Crippen molar-refractivity contribution in [3.8, 4) is 0 Å². The maximum absolute atomic E-state index is 12.6. The fourth-order valence-corrected chi connectivity index (χ4v) is 4.16. The van der Waals surface area contributed by atoms with Crippen LogP contribution < -0.4 is 10.0 Å². The molecule has 28 heavy (non-hydrogen) atoms. The zero-order chi connectivity index (χ0) is 20.1. The fourth-order valence-electron chi connectivity index (χ4n) is 3.06. The summed E-state index contributed by atoms with van der Waals surface area (Å²) in [5, 5.41) is 2.57. The number of amides is 2. The van der Waals surface area contributed by atoms with Gasteiger partial charge >= 0.3 is 0 Å². The van der Waals surface area contributed by atoms with Gasteiger partial charge in [-0.15, -0.1) is 0 Å². The Morgan fingerprint density at radius 2 is 1.75 bits per heavy atom. The Bertz CT molecular complexity index is 982. The number of aryl methyl sites for hydroxylation is 1. The Morgan fingerprint density at radius 3 is 2.46 bits per heavy atom. The lowest BCUT2D eigenvalue weighted by molar-refractivity contribution is -0.129. The van der Waals surface area contributed by atoms with Crippen molar-refractivity contribution in [3.05, 3.63) is 59.7 Å². The van der Waals surface area contributed by atoms with Crippen LogP contribution >= 0.6 is 0 Å². The van der Waals surface area contributed by atoms with Gasteiger partial charge in [-0.1, -0.05) is 18.2 Å². The molecule has 0 atom stereocenters. The molecule has 3 rings (SSSR count). The molecular weight excluding hydrogens is 378 g/mol. The molecular formula is C20H23N3O4S. The van der Waals surface area contributed by atoms with Crippen LogP contribution in [0.4, 0.5) is 5.69 Å². The van der Waals surface area contributed by atoms with Crippen molar-refractivity contribution in [1.29, 1.82) is 0 Å². The number of carbonyl (C=O) groups excluding carboxylic acids is 2. The van der Waals surface area contributed by atoms with E-state index in [0.29, 0.717) is 18.8 Å². The van der Waals surface area contributed by atoms with Crippen LogP contribution in [0.5, 0.6) is 0 Å². The van der Waals surface area contributed by atoms with Crippen molar-refractivity contribution >= 4 is 27.5 Å². The Morgan fingerprint density at radius 1 is 1.04 bits per heavy atom. The molecule has 1 fully saturated rings. The van der Waals surface area contributed by atoms with Crippen molar-refractivity contribution in [2.24, 2.45) is 0 Å². The molecule has 7 nitrogen and oxygen atoms in total. The monoisotopic (exact) mass is 401 g/mol. The fraction of sp³-hybridized carbons (Fsp3) is 0.300. The zero-order valence-electron chi connectivity index (χ0n) is 15.6. The van der Waals surface area contributed by atoms with E-state index in [1.54, 1.807) is 23.1 Å². The molecule has 0 radical (unpaired) electrons. The summed E-state index contributed by atoms with van der Waals surface area (Å²) >= 11 is 0. The smallest absolute Gasteiger partial charge is 0.261 e. The summed E-state index contributed by atoms with van der Waals surface area (Å²) in [6.45, 7) is 3.20. The summed E-state index contributed by atoms with van der Waals surface area (Å²) < 4.78 is 27.8. The van der Waals surface area contributed by atoms with E-state index in [9.17, 15) is 18.0 Å². The molecule has 1 aliphatic heterocycles. The maximum atomic E-state index is 12.6. The molecule has 2 N–H and O–H groups in total. The SMILES string of the molecule is Cc1cccc(NS(=O)(=O)c2cccc(C(=O)NCC(=O)N3CCCC3)c2)c1. The third kappa shape index (κ3) is 4.89. The largest absolute Gasteiger partial charge is 0.343 e. The van der Waals surface area contributed by atoms with E-state index < -0.39 is 15.9 Å². The van der Waals surface area contributed by atoms with Gasteiger partial charge in [-0.3, -0.25) is 14.3 Å². The lowest BCUT2D eigenvalue weighted by Crippen LogP contribution is -2.38. The van der Waals surface area contributed by atoms with E-state index in [4.69, 9.17) is 0 Å². The molecule has 2 amide bonds. The number of nitrogens with zero attached hydrogens (tertiary/aromatic N) is 1. The van der Waals surface area contributed by atoms with E-state index in [1.165, 1.54) is 24.3 Å². The molecule has 1 saturated heterocycles. The molecule has 1 aliphatic rings. The molecule has 8 heteroatoms. The van der Waals surface area contributed by atoms with Crippen LogP contribution in [0.2, 0.25) is 0 Å². The van der Waals surface area contributed by atoms with Crippen molar-refractivity contribution in [3.63, 3.8) is 0 Å². The predicted octanol–water partition coefficient (Wildman–Crippen LogP) is 2.15. The second-order valence-corrected chi connectivity index (χ2v) is 8.46. The van der Waals surface area contributed by atoms with Gasteiger partial charge in [0.05, 0.1) is 11.4 Å². The normalized spacial score (nSPS) is 14.0. The highest BCUT2D eigenvalue weighted by Crippen LogP contribution is 2.18. The minimum Gasteiger partial charge on any atom is -0.343 e. The van der Waals surface area contributed by atoms with Crippen LogP contribution in [0.15, 0.2) is 53.4 Å². The first-order chi connectivity index (χ1) is 13.3. The number of hydrogen-bond acceptors (Lipinski definition) is 4. The molecule has 1 heterocycles. The summed E-state index contributed by atoms with van der Waals surface area (Å²) in [6, 6.07) is 12.7. The standard InChI is InChI=1S/C20H23N3O4S/c1-15-6-4-8-17(12-15)22-28(26,27)18-9-5-7-16(13-18)20(25)21-14-19(24)23-10-2-3-11-23/h4-9,12-13,22H,2-3,10-11,14H2,1H3,(H,21,25). The second-order valence-electron chi connectivity index (χ2n) is 6.77. The third-order valence-corrected chi connectivity index (χ3v) is 5.91. The van der Waals surface area contributed by atoms with Crippen LogP contribution in [0.3, 0.4) is 0 Å². The number of rotatable bonds is 6. The van der Waals surface area contributed by atoms with Crippen LogP contribution in [0.25, 0.3) is 0 Å². The van der Waals surface area contributed by atoms with Gasteiger partial charge in [-0.25, -0.2) is 8.42 Å². The van der Waals surface area contributed by atoms with Crippen LogP contribution in [-0.2, 0) is 14.8 Å². The van der Waals surface area contributed by atoms with Crippen LogP contribution in [0.1, 0.15) is 28.8 Å². The van der Waals surface area contributed by atoms with Crippen molar-refractivity contribution in [2.75, 3.05) is 24.4 Å². The first-order valence-electron chi connectivity index (χ1n) is 9.11. The topological polar surface area (TPSA) is 95.6 Å². The summed E-state index contributed by atoms with van der Waals surface area (Å²) in [7, 11) is -3.84. The lowest BCUT2D eigenvalue weighted by atomic mass is 10.2. The van der Waals surface area contributed by atoms with Gasteiger partial charge in [0.2, 0.25) is 5.91 Å². The summed E-state index contributed by atoms with van der Waals surface area (Å²) in [5.41, 5.74) is 1.56.